The summed E-state index contributed by atoms with van der Waals surface area (Å²) in [5, 5.41) is 13.9. The first kappa shape index (κ1) is 21.2. The van der Waals surface area contributed by atoms with E-state index in [1.165, 1.54) is 15.9 Å². The first-order valence-electron chi connectivity index (χ1n) is 8.35. The molecule has 0 aliphatic carbocycles. The predicted octanol–water partition coefficient (Wildman–Crippen LogP) is 2.05. The number of aliphatic hydroxyl groups excluding tert-OH is 1. The maximum atomic E-state index is 9.82. The van der Waals surface area contributed by atoms with E-state index >= 15 is 0 Å². The summed E-state index contributed by atoms with van der Waals surface area (Å²) in [5.41, 5.74) is 0. The second kappa shape index (κ2) is 9.74. The van der Waals surface area contributed by atoms with Crippen LogP contribution in [0.1, 0.15) is 0 Å². The Kier molecular flexibility index (Phi) is 7.66. The molecule has 0 unspecified atom stereocenters. The van der Waals surface area contributed by atoms with Gasteiger partial charge in [-0.3, -0.25) is 9.11 Å². The summed E-state index contributed by atoms with van der Waals surface area (Å²) < 4.78 is 31.6. The van der Waals surface area contributed by atoms with E-state index in [0.717, 1.165) is 6.16 Å². The normalized spacial score (nSPS) is 12.0. The van der Waals surface area contributed by atoms with E-state index in [0.29, 0.717) is 0 Å². The van der Waals surface area contributed by atoms with Crippen molar-refractivity contribution >= 4 is 33.6 Å². The van der Waals surface area contributed by atoms with Crippen molar-refractivity contribution in [2.24, 2.45) is 0 Å². The Hall–Kier alpha value is -2.08. The van der Waals surface area contributed by atoms with Crippen LogP contribution in [-0.4, -0.2) is 35.4 Å². The fourth-order valence-electron chi connectivity index (χ4n) is 3.27. The fourth-order valence-corrected chi connectivity index (χ4v) is 7.75. The van der Waals surface area contributed by atoms with Crippen molar-refractivity contribution < 1.29 is 22.6 Å². The zero-order chi connectivity index (χ0) is 19.8. The van der Waals surface area contributed by atoms with Gasteiger partial charge in [0.2, 0.25) is 0 Å². The van der Waals surface area contributed by atoms with Crippen LogP contribution in [0.25, 0.3) is 0 Å². The molecule has 5 nitrogen and oxygen atoms in total. The molecular weight excluding hydrogens is 383 g/mol. The molecule has 0 fully saturated rings. The first-order chi connectivity index (χ1) is 12.9. The second-order valence-electron chi connectivity index (χ2n) is 5.92. The van der Waals surface area contributed by atoms with E-state index in [9.17, 15) is 5.11 Å². The standard InChI is InChI=1S/C20H21OP.H2O4S/c21-16-17-22(18-10-4-1-5-11-18,19-12-6-2-7-13-19)20-14-8-3-9-15-20;1-5(2,3)4/h1-15,21-22H,16-17H2;(H2,1,2,3,4). The van der Waals surface area contributed by atoms with Gasteiger partial charge < -0.3 is 0 Å². The van der Waals surface area contributed by atoms with Crippen molar-refractivity contribution in [1.82, 2.24) is 0 Å². The summed E-state index contributed by atoms with van der Waals surface area (Å²) in [6.07, 6.45) is 0.797. The molecule has 0 spiro atoms. The van der Waals surface area contributed by atoms with Crippen LogP contribution >= 0.6 is 7.26 Å². The van der Waals surface area contributed by atoms with Crippen molar-refractivity contribution in [2.75, 3.05) is 12.8 Å². The monoisotopic (exact) mass is 406 g/mol. The van der Waals surface area contributed by atoms with Crippen LogP contribution in [0.5, 0.6) is 0 Å². The summed E-state index contributed by atoms with van der Waals surface area (Å²) in [7, 11) is -6.84. The summed E-state index contributed by atoms with van der Waals surface area (Å²) in [5.74, 6) is 0. The molecular formula is C20H23O5PS. The van der Waals surface area contributed by atoms with Gasteiger partial charge in [-0.05, 0) is 0 Å². The van der Waals surface area contributed by atoms with Crippen LogP contribution in [0, 0.1) is 0 Å². The van der Waals surface area contributed by atoms with Crippen LogP contribution in [0.4, 0.5) is 0 Å². The van der Waals surface area contributed by atoms with Gasteiger partial charge in [-0.25, -0.2) is 0 Å². The van der Waals surface area contributed by atoms with Gasteiger partial charge in [0.15, 0.2) is 0 Å². The van der Waals surface area contributed by atoms with Crippen LogP contribution in [0.15, 0.2) is 91.0 Å². The molecule has 0 saturated carbocycles. The average Bonchev–Trinajstić information content (AvgIpc) is 2.67. The van der Waals surface area contributed by atoms with Crippen molar-refractivity contribution in [3.63, 3.8) is 0 Å². The van der Waals surface area contributed by atoms with E-state index in [4.69, 9.17) is 17.5 Å². The topological polar surface area (TPSA) is 94.8 Å². The van der Waals surface area contributed by atoms with E-state index in [-0.39, 0.29) is 6.61 Å². The third-order valence-corrected chi connectivity index (χ3v) is 9.22. The Balaban J connectivity index is 0.000000465. The van der Waals surface area contributed by atoms with Crippen molar-refractivity contribution in [2.45, 2.75) is 0 Å². The Bertz CT molecular complexity index is 812. The van der Waals surface area contributed by atoms with Gasteiger partial charge in [-0.1, -0.05) is 0 Å². The Morgan fingerprint density at radius 2 is 0.889 bits per heavy atom. The summed E-state index contributed by atoms with van der Waals surface area (Å²) in [4.78, 5) is 0. The van der Waals surface area contributed by atoms with E-state index < -0.39 is 17.7 Å². The molecule has 7 heteroatoms. The fraction of sp³-hybridized carbons (Fsp3) is 0.100. The Morgan fingerprint density at radius 1 is 0.630 bits per heavy atom. The molecule has 3 aromatic rings. The molecule has 0 heterocycles. The van der Waals surface area contributed by atoms with Gasteiger partial charge in [0.05, 0.1) is 0 Å². The predicted molar refractivity (Wildman–Crippen MR) is 113 cm³/mol. The Labute approximate surface area is 160 Å². The van der Waals surface area contributed by atoms with E-state index in [2.05, 4.69) is 91.0 Å². The van der Waals surface area contributed by atoms with Gasteiger partial charge in [-0.2, -0.15) is 8.42 Å². The molecule has 0 atom stereocenters. The molecule has 3 rings (SSSR count). The summed E-state index contributed by atoms with van der Waals surface area (Å²) in [6.45, 7) is 0.199. The maximum absolute atomic E-state index is 9.82. The zero-order valence-electron chi connectivity index (χ0n) is 14.6. The van der Waals surface area contributed by atoms with E-state index in [1.807, 2.05) is 0 Å². The molecule has 3 N–H and O–H groups in total. The minimum absolute atomic E-state index is 0.199. The van der Waals surface area contributed by atoms with Crippen LogP contribution in [-0.2, 0) is 10.4 Å². The van der Waals surface area contributed by atoms with Gasteiger partial charge >= 0.3 is 142 Å². The van der Waals surface area contributed by atoms with Crippen molar-refractivity contribution in [1.29, 1.82) is 0 Å². The SMILES string of the molecule is O=S(=O)(O)O.OCC[PH](c1ccccc1)(c1ccccc1)c1ccccc1. The number of hydrogen-bond acceptors (Lipinski definition) is 3. The molecule has 3 aromatic carbocycles. The van der Waals surface area contributed by atoms with Gasteiger partial charge in [0, 0.05) is 0 Å². The molecule has 0 bridgehead atoms. The molecule has 144 valence electrons. The summed E-state index contributed by atoms with van der Waals surface area (Å²) in [6, 6.07) is 32.0. The molecule has 0 radical (unpaired) electrons. The average molecular weight is 406 g/mol. The number of rotatable bonds is 5. The molecule has 0 aliphatic heterocycles. The van der Waals surface area contributed by atoms with Crippen LogP contribution in [0.3, 0.4) is 0 Å². The van der Waals surface area contributed by atoms with Gasteiger partial charge in [-0.15, -0.1) is 0 Å². The molecule has 0 saturated heterocycles. The van der Waals surface area contributed by atoms with Crippen LogP contribution < -0.4 is 15.9 Å². The minimum atomic E-state index is -4.67. The number of benzene rings is 3. The first-order valence-corrected chi connectivity index (χ1v) is 12.0. The van der Waals surface area contributed by atoms with Gasteiger partial charge in [0.1, 0.15) is 0 Å². The second-order valence-corrected chi connectivity index (χ2v) is 10.9. The Morgan fingerprint density at radius 3 is 1.11 bits per heavy atom. The molecule has 0 aromatic heterocycles. The third-order valence-electron chi connectivity index (χ3n) is 4.29. The molecule has 0 aliphatic rings. The molecule has 0 amide bonds. The van der Waals surface area contributed by atoms with Crippen molar-refractivity contribution in [3.05, 3.63) is 91.0 Å². The zero-order valence-corrected chi connectivity index (χ0v) is 16.5. The molecule has 27 heavy (non-hydrogen) atoms. The van der Waals surface area contributed by atoms with Crippen LogP contribution in [0.2, 0.25) is 0 Å². The quantitative estimate of drug-likeness (QED) is 0.445. The van der Waals surface area contributed by atoms with Gasteiger partial charge in [0.25, 0.3) is 0 Å². The number of aliphatic hydroxyl groups is 1. The van der Waals surface area contributed by atoms with E-state index in [1.54, 1.807) is 0 Å². The number of hydrogen-bond donors (Lipinski definition) is 3. The summed E-state index contributed by atoms with van der Waals surface area (Å²) >= 11 is 0. The van der Waals surface area contributed by atoms with Crippen molar-refractivity contribution in [3.8, 4) is 0 Å². The third kappa shape index (κ3) is 5.96.